The second-order valence-corrected chi connectivity index (χ2v) is 8.78. The first-order valence-corrected chi connectivity index (χ1v) is 10.8. The number of halogens is 2. The van der Waals surface area contributed by atoms with Crippen LogP contribution in [0.25, 0.3) is 0 Å². The molecule has 0 saturated heterocycles. The van der Waals surface area contributed by atoms with E-state index in [1.807, 2.05) is 29.5 Å². The Balaban J connectivity index is 1.86. The van der Waals surface area contributed by atoms with Crippen molar-refractivity contribution < 1.29 is 17.5 Å². The van der Waals surface area contributed by atoms with Gasteiger partial charge in [0.2, 0.25) is 5.13 Å². The van der Waals surface area contributed by atoms with E-state index in [2.05, 4.69) is 14.1 Å². The summed E-state index contributed by atoms with van der Waals surface area (Å²) in [6.07, 6.45) is 1.89. The quantitative estimate of drug-likeness (QED) is 0.502. The van der Waals surface area contributed by atoms with Crippen molar-refractivity contribution in [1.29, 1.82) is 0 Å². The van der Waals surface area contributed by atoms with Gasteiger partial charge in [-0.25, -0.2) is 17.8 Å². The smallest absolute Gasteiger partial charge is 0.263 e. The highest BCUT2D eigenvalue weighted by atomic mass is 127. The molecular weight excluding hydrogens is 492 g/mol. The number of anilines is 1. The average Bonchev–Trinajstić information content (AvgIpc) is 3.10. The second-order valence-electron chi connectivity index (χ2n) is 5.15. The lowest BCUT2D eigenvalue weighted by Gasteiger charge is -2.13. The highest BCUT2D eigenvalue weighted by Gasteiger charge is 2.18. The minimum atomic E-state index is -3.77. The van der Waals surface area contributed by atoms with Gasteiger partial charge in [-0.05, 0) is 71.0 Å². The van der Waals surface area contributed by atoms with E-state index in [-0.39, 0.29) is 15.8 Å². The Hall–Kier alpha value is -1.79. The standard InChI is InChI=1S/C16H13FIN3O3S2/c1-2-10-7-11(17)3-5-14(10)24-15-6-4-12(8-13(15)18)26(22,23)21-16-19-9-20-25-16/h3-9H,2H2,1H3,(H,19,20,21). The largest absolute Gasteiger partial charge is 0.456 e. The highest BCUT2D eigenvalue weighted by Crippen LogP contribution is 2.32. The molecule has 0 aliphatic carbocycles. The zero-order valence-electron chi connectivity index (χ0n) is 13.4. The van der Waals surface area contributed by atoms with Crippen molar-refractivity contribution >= 4 is 49.3 Å². The third-order valence-corrected chi connectivity index (χ3v) is 6.31. The van der Waals surface area contributed by atoms with Crippen molar-refractivity contribution in [3.8, 4) is 11.5 Å². The Labute approximate surface area is 167 Å². The maximum absolute atomic E-state index is 13.4. The maximum Gasteiger partial charge on any atom is 0.263 e. The Morgan fingerprint density at radius 1 is 1.23 bits per heavy atom. The third-order valence-electron chi connectivity index (χ3n) is 3.42. The molecule has 1 heterocycles. The van der Waals surface area contributed by atoms with Crippen LogP contribution in [0.1, 0.15) is 12.5 Å². The molecule has 2 aromatic carbocycles. The van der Waals surface area contributed by atoms with Crippen LogP contribution in [0.15, 0.2) is 47.6 Å². The number of nitrogens with zero attached hydrogens (tertiary/aromatic N) is 2. The molecule has 3 aromatic rings. The van der Waals surface area contributed by atoms with Crippen molar-refractivity contribution in [2.24, 2.45) is 0 Å². The van der Waals surface area contributed by atoms with Crippen LogP contribution in [0.3, 0.4) is 0 Å². The van der Waals surface area contributed by atoms with Gasteiger partial charge in [0.05, 0.1) is 8.47 Å². The normalized spacial score (nSPS) is 11.3. The number of benzene rings is 2. The first-order valence-electron chi connectivity index (χ1n) is 7.44. The number of rotatable bonds is 6. The van der Waals surface area contributed by atoms with E-state index in [0.717, 1.165) is 17.1 Å². The molecule has 26 heavy (non-hydrogen) atoms. The van der Waals surface area contributed by atoms with Gasteiger partial charge in [-0.3, -0.25) is 4.72 Å². The molecule has 0 bridgehead atoms. The number of aryl methyl sites for hydroxylation is 1. The molecular formula is C16H13FIN3O3S2. The van der Waals surface area contributed by atoms with Crippen molar-refractivity contribution in [2.45, 2.75) is 18.2 Å². The molecule has 0 fully saturated rings. The molecule has 0 spiro atoms. The molecule has 0 saturated carbocycles. The lowest BCUT2D eigenvalue weighted by molar-refractivity contribution is 0.470. The summed E-state index contributed by atoms with van der Waals surface area (Å²) in [5, 5.41) is 0.194. The van der Waals surface area contributed by atoms with E-state index in [0.29, 0.717) is 21.5 Å². The summed E-state index contributed by atoms with van der Waals surface area (Å²) in [5.41, 5.74) is 0.732. The van der Waals surface area contributed by atoms with E-state index >= 15 is 0 Å². The first kappa shape index (κ1) is 19.0. The molecule has 10 heteroatoms. The molecule has 1 N–H and O–H groups in total. The SMILES string of the molecule is CCc1cc(F)ccc1Oc1ccc(S(=O)(=O)Nc2ncns2)cc1I. The summed E-state index contributed by atoms with van der Waals surface area (Å²) >= 11 is 2.95. The third kappa shape index (κ3) is 4.30. The summed E-state index contributed by atoms with van der Waals surface area (Å²) in [5.74, 6) is 0.698. The van der Waals surface area contributed by atoms with Gasteiger partial charge in [0.25, 0.3) is 10.0 Å². The average molecular weight is 505 g/mol. The summed E-state index contributed by atoms with van der Waals surface area (Å²) in [4.78, 5) is 3.89. The van der Waals surface area contributed by atoms with E-state index < -0.39 is 10.0 Å². The fourth-order valence-electron chi connectivity index (χ4n) is 2.17. The number of hydrogen-bond donors (Lipinski definition) is 1. The fraction of sp³-hybridized carbons (Fsp3) is 0.125. The molecule has 6 nitrogen and oxygen atoms in total. The molecule has 1 aromatic heterocycles. The van der Waals surface area contributed by atoms with Crippen LogP contribution in [0.4, 0.5) is 9.52 Å². The maximum atomic E-state index is 13.4. The minimum Gasteiger partial charge on any atom is -0.456 e. The Kier molecular flexibility index (Phi) is 5.73. The number of sulfonamides is 1. The monoisotopic (exact) mass is 505 g/mol. The predicted octanol–water partition coefficient (Wildman–Crippen LogP) is 4.44. The lowest BCUT2D eigenvalue weighted by atomic mass is 10.1. The summed E-state index contributed by atoms with van der Waals surface area (Å²) in [6, 6.07) is 8.81. The van der Waals surface area contributed by atoms with Crippen LogP contribution < -0.4 is 9.46 Å². The number of nitrogens with one attached hydrogen (secondary N) is 1. The molecule has 0 radical (unpaired) electrons. The van der Waals surface area contributed by atoms with E-state index in [1.165, 1.54) is 30.6 Å². The molecule has 0 unspecified atom stereocenters. The first-order chi connectivity index (χ1) is 12.4. The van der Waals surface area contributed by atoms with Gasteiger partial charge in [-0.2, -0.15) is 4.37 Å². The van der Waals surface area contributed by atoms with Crippen LogP contribution in [0.2, 0.25) is 0 Å². The Bertz CT molecular complexity index is 1030. The fourth-order valence-corrected chi connectivity index (χ4v) is 4.69. The molecule has 136 valence electrons. The van der Waals surface area contributed by atoms with Gasteiger partial charge in [0.15, 0.2) is 0 Å². The summed E-state index contributed by atoms with van der Waals surface area (Å²) in [6.45, 7) is 1.90. The van der Waals surface area contributed by atoms with Crippen LogP contribution in [-0.4, -0.2) is 17.8 Å². The zero-order chi connectivity index (χ0) is 18.7. The second kappa shape index (κ2) is 7.84. The Morgan fingerprint density at radius 3 is 2.65 bits per heavy atom. The van der Waals surface area contributed by atoms with Gasteiger partial charge < -0.3 is 4.74 Å². The summed E-state index contributed by atoms with van der Waals surface area (Å²) in [7, 11) is -3.77. The van der Waals surface area contributed by atoms with Crippen LogP contribution >= 0.6 is 34.1 Å². The van der Waals surface area contributed by atoms with Gasteiger partial charge in [-0.1, -0.05) is 6.92 Å². The number of hydrogen-bond acceptors (Lipinski definition) is 6. The van der Waals surface area contributed by atoms with E-state index in [1.54, 1.807) is 12.1 Å². The molecule has 0 aliphatic rings. The van der Waals surface area contributed by atoms with Crippen molar-refractivity contribution in [1.82, 2.24) is 9.36 Å². The zero-order valence-corrected chi connectivity index (χ0v) is 17.2. The van der Waals surface area contributed by atoms with E-state index in [9.17, 15) is 12.8 Å². The van der Waals surface area contributed by atoms with Gasteiger partial charge >= 0.3 is 0 Å². The van der Waals surface area contributed by atoms with Gasteiger partial charge in [0.1, 0.15) is 23.6 Å². The van der Waals surface area contributed by atoms with Crippen molar-refractivity contribution in [2.75, 3.05) is 4.72 Å². The topological polar surface area (TPSA) is 81.2 Å². The minimum absolute atomic E-state index is 0.0827. The molecule has 3 rings (SSSR count). The summed E-state index contributed by atoms with van der Waals surface area (Å²) < 4.78 is 50.7. The number of aromatic nitrogens is 2. The van der Waals surface area contributed by atoms with Crippen molar-refractivity contribution in [3.05, 3.63) is 57.7 Å². The highest BCUT2D eigenvalue weighted by molar-refractivity contribution is 14.1. The van der Waals surface area contributed by atoms with Crippen LogP contribution in [0, 0.1) is 9.39 Å². The van der Waals surface area contributed by atoms with Gasteiger partial charge in [-0.15, -0.1) is 0 Å². The molecule has 0 atom stereocenters. The van der Waals surface area contributed by atoms with E-state index in [4.69, 9.17) is 4.74 Å². The number of ether oxygens (including phenoxy) is 1. The van der Waals surface area contributed by atoms with Crippen LogP contribution in [-0.2, 0) is 16.4 Å². The lowest BCUT2D eigenvalue weighted by Crippen LogP contribution is -2.13. The Morgan fingerprint density at radius 2 is 2.00 bits per heavy atom. The molecule has 0 aliphatic heterocycles. The predicted molar refractivity (Wildman–Crippen MR) is 106 cm³/mol. The van der Waals surface area contributed by atoms with Gasteiger partial charge in [0, 0.05) is 11.5 Å². The van der Waals surface area contributed by atoms with Crippen LogP contribution in [0.5, 0.6) is 11.5 Å². The van der Waals surface area contributed by atoms with Crippen molar-refractivity contribution in [3.63, 3.8) is 0 Å². The molecule has 0 amide bonds.